The Morgan fingerprint density at radius 3 is 1.31 bits per heavy atom. The third-order valence-electron chi connectivity index (χ3n) is 11.3. The Kier molecular flexibility index (Phi) is 32.0. The largest absolute Gasteiger partial charge is 0.466 e. The van der Waals surface area contributed by atoms with Crippen LogP contribution in [0.3, 0.4) is 0 Å². The van der Waals surface area contributed by atoms with Gasteiger partial charge < -0.3 is 25.0 Å². The first-order valence-corrected chi connectivity index (χ1v) is 23.1. The van der Waals surface area contributed by atoms with Gasteiger partial charge in [0.05, 0.1) is 13.2 Å². The second-order valence-electron chi connectivity index (χ2n) is 16.1. The van der Waals surface area contributed by atoms with Gasteiger partial charge in [0.2, 0.25) is 0 Å². The third kappa shape index (κ3) is 25.5. The van der Waals surface area contributed by atoms with Crippen molar-refractivity contribution in [2.75, 3.05) is 57.1 Å². The Balaban J connectivity index is 2.32. The number of carbonyl (C=O) groups excluding carboxylic acids is 2. The zero-order valence-electron chi connectivity index (χ0n) is 36.4. The van der Waals surface area contributed by atoms with Crippen molar-refractivity contribution in [3.63, 3.8) is 0 Å². The number of hydrogen-bond acceptors (Lipinski definition) is 9. The number of hydrogen-bond donors (Lipinski definition) is 2. The zero-order valence-corrected chi connectivity index (χ0v) is 36.4. The van der Waals surface area contributed by atoms with Crippen molar-refractivity contribution in [2.45, 2.75) is 201 Å². The minimum Gasteiger partial charge on any atom is -0.466 e. The molecule has 0 fully saturated rings. The lowest BCUT2D eigenvalue weighted by atomic mass is 9.93. The van der Waals surface area contributed by atoms with Gasteiger partial charge in [0, 0.05) is 26.4 Å². The molecule has 0 amide bonds. The second-order valence-corrected chi connectivity index (χ2v) is 16.1. The molecule has 1 aromatic rings. The summed E-state index contributed by atoms with van der Waals surface area (Å²) in [4.78, 5) is 50.8. The number of esters is 2. The predicted octanol–water partition coefficient (Wildman–Crippen LogP) is 11.0. The van der Waals surface area contributed by atoms with Crippen molar-refractivity contribution >= 4 is 23.3 Å². The number of unbranched alkanes of at least 4 members (excludes halogenated alkanes) is 12. The van der Waals surface area contributed by atoms with Crippen LogP contribution in [0.4, 0.5) is 11.4 Å². The van der Waals surface area contributed by atoms with E-state index in [4.69, 9.17) is 9.47 Å². The van der Waals surface area contributed by atoms with E-state index in [0.717, 1.165) is 103 Å². The summed E-state index contributed by atoms with van der Waals surface area (Å²) < 4.78 is 11.2. The molecule has 320 valence electrons. The van der Waals surface area contributed by atoms with Crippen LogP contribution >= 0.6 is 0 Å². The van der Waals surface area contributed by atoms with E-state index in [1.807, 2.05) is 0 Å². The average molecular weight is 776 g/mol. The van der Waals surface area contributed by atoms with E-state index in [1.54, 1.807) is 7.05 Å². The molecular formula is C46H85N3O6. The molecule has 0 aliphatic rings. The standard InChI is InChI=1S/C46H85N3O6/c1-6-10-25-39(26-11-7-2)31-37-54-41(50)29-20-16-14-18-22-34-49(36-24-33-48-44-43(47-5)45(52)46(44)53)35-23-19-15-17-21-30-42(51)55-38-32-40(27-12-8-3)28-13-9-4/h39-40,47-48H,6-38H2,1-5H3. The van der Waals surface area contributed by atoms with E-state index in [-0.39, 0.29) is 11.9 Å². The monoisotopic (exact) mass is 776 g/mol. The van der Waals surface area contributed by atoms with Gasteiger partial charge in [-0.2, -0.15) is 0 Å². The van der Waals surface area contributed by atoms with Gasteiger partial charge in [-0.15, -0.1) is 0 Å². The lowest BCUT2D eigenvalue weighted by Gasteiger charge is -2.23. The molecule has 1 rings (SSSR count). The highest BCUT2D eigenvalue weighted by Gasteiger charge is 2.19. The quantitative estimate of drug-likeness (QED) is 0.0382. The first-order chi connectivity index (χ1) is 26.8. The molecule has 9 nitrogen and oxygen atoms in total. The van der Waals surface area contributed by atoms with Crippen LogP contribution in [-0.4, -0.2) is 63.3 Å². The van der Waals surface area contributed by atoms with Crippen LogP contribution in [0.15, 0.2) is 9.59 Å². The predicted molar refractivity (Wildman–Crippen MR) is 232 cm³/mol. The van der Waals surface area contributed by atoms with Crippen LogP contribution in [0.2, 0.25) is 0 Å². The maximum atomic E-state index is 12.3. The second kappa shape index (κ2) is 34.8. The summed E-state index contributed by atoms with van der Waals surface area (Å²) in [5, 5.41) is 5.99. The topological polar surface area (TPSA) is 114 Å². The van der Waals surface area contributed by atoms with Crippen LogP contribution in [0.1, 0.15) is 201 Å². The first kappa shape index (κ1) is 50.6. The van der Waals surface area contributed by atoms with Gasteiger partial charge in [-0.05, 0) is 76.4 Å². The molecular weight excluding hydrogens is 691 g/mol. The van der Waals surface area contributed by atoms with Gasteiger partial charge in [0.1, 0.15) is 11.4 Å². The van der Waals surface area contributed by atoms with Crippen molar-refractivity contribution in [1.82, 2.24) is 4.90 Å². The first-order valence-electron chi connectivity index (χ1n) is 23.1. The van der Waals surface area contributed by atoms with Crippen LogP contribution in [-0.2, 0) is 19.1 Å². The summed E-state index contributed by atoms with van der Waals surface area (Å²) in [6.45, 7) is 13.7. The highest BCUT2D eigenvalue weighted by atomic mass is 16.5. The molecule has 0 bridgehead atoms. The van der Waals surface area contributed by atoms with Gasteiger partial charge in [-0.25, -0.2) is 0 Å². The normalized spacial score (nSPS) is 11.6. The van der Waals surface area contributed by atoms with E-state index < -0.39 is 10.9 Å². The molecule has 0 saturated heterocycles. The van der Waals surface area contributed by atoms with Gasteiger partial charge >= 0.3 is 11.9 Å². The fraction of sp³-hybridized carbons (Fsp3) is 0.870. The highest BCUT2D eigenvalue weighted by molar-refractivity contribution is 5.73. The van der Waals surface area contributed by atoms with Crippen molar-refractivity contribution in [2.24, 2.45) is 11.8 Å². The molecule has 0 heterocycles. The molecule has 2 N–H and O–H groups in total. The Labute approximate surface area is 336 Å². The van der Waals surface area contributed by atoms with E-state index in [1.165, 1.54) is 77.0 Å². The minimum absolute atomic E-state index is 0.0426. The molecule has 1 aromatic carbocycles. The Hall–Kier alpha value is -2.42. The number of ether oxygens (including phenoxy) is 2. The molecule has 0 radical (unpaired) electrons. The van der Waals surface area contributed by atoms with E-state index in [0.29, 0.717) is 55.8 Å². The summed E-state index contributed by atoms with van der Waals surface area (Å²) in [7, 11) is 1.67. The molecule has 0 atom stereocenters. The van der Waals surface area contributed by atoms with Crippen LogP contribution in [0.25, 0.3) is 0 Å². The van der Waals surface area contributed by atoms with Crippen LogP contribution < -0.4 is 21.5 Å². The molecule has 0 saturated carbocycles. The highest BCUT2D eigenvalue weighted by Crippen LogP contribution is 2.21. The van der Waals surface area contributed by atoms with Gasteiger partial charge in [-0.3, -0.25) is 19.2 Å². The van der Waals surface area contributed by atoms with E-state index in [2.05, 4.69) is 43.2 Å². The molecule has 0 aliphatic carbocycles. The van der Waals surface area contributed by atoms with E-state index in [9.17, 15) is 19.2 Å². The smallest absolute Gasteiger partial charge is 0.305 e. The molecule has 0 unspecified atom stereocenters. The van der Waals surface area contributed by atoms with Crippen LogP contribution in [0, 0.1) is 11.8 Å². The maximum absolute atomic E-state index is 12.3. The fourth-order valence-corrected chi connectivity index (χ4v) is 7.58. The molecule has 0 spiro atoms. The average Bonchev–Trinajstić information content (AvgIpc) is 3.19. The lowest BCUT2D eigenvalue weighted by Crippen LogP contribution is -2.37. The van der Waals surface area contributed by atoms with Crippen molar-refractivity contribution < 1.29 is 19.1 Å². The number of nitrogens with zero attached hydrogens (tertiary/aromatic N) is 1. The number of nitrogens with one attached hydrogen (secondary N) is 2. The third-order valence-corrected chi connectivity index (χ3v) is 11.3. The van der Waals surface area contributed by atoms with Crippen molar-refractivity contribution in [3.05, 3.63) is 20.4 Å². The molecule has 0 aromatic heterocycles. The van der Waals surface area contributed by atoms with E-state index >= 15 is 0 Å². The summed E-state index contributed by atoms with van der Waals surface area (Å²) >= 11 is 0. The Morgan fingerprint density at radius 1 is 0.509 bits per heavy atom. The fourth-order valence-electron chi connectivity index (χ4n) is 7.58. The molecule has 9 heteroatoms. The molecule has 55 heavy (non-hydrogen) atoms. The SMILES string of the molecule is CCCCC(CCCC)CCOC(=O)CCCCCCCN(CCCCCCCC(=O)OCCC(CCCC)CCCC)CCCNc1c(NC)c(=O)c1=O. The minimum atomic E-state index is -0.442. The summed E-state index contributed by atoms with van der Waals surface area (Å²) in [5.41, 5.74) is -0.0686. The lowest BCUT2D eigenvalue weighted by molar-refractivity contribution is -0.145. The summed E-state index contributed by atoms with van der Waals surface area (Å²) in [5.74, 6) is 1.29. The van der Waals surface area contributed by atoms with Gasteiger partial charge in [0.25, 0.3) is 10.9 Å². The van der Waals surface area contributed by atoms with Crippen LogP contribution in [0.5, 0.6) is 0 Å². The van der Waals surface area contributed by atoms with Gasteiger partial charge in [0.15, 0.2) is 0 Å². The van der Waals surface area contributed by atoms with Crippen molar-refractivity contribution in [3.8, 4) is 0 Å². The number of carbonyl (C=O) groups is 2. The number of rotatable bonds is 40. The Morgan fingerprint density at radius 2 is 0.891 bits per heavy atom. The maximum Gasteiger partial charge on any atom is 0.305 e. The zero-order chi connectivity index (χ0) is 40.4. The molecule has 0 aliphatic heterocycles. The summed E-state index contributed by atoms with van der Waals surface area (Å²) in [6.07, 6.45) is 29.5. The Bertz CT molecular complexity index is 1080. The van der Waals surface area contributed by atoms with Gasteiger partial charge in [-0.1, -0.05) is 143 Å². The number of anilines is 2. The van der Waals surface area contributed by atoms with Crippen molar-refractivity contribution in [1.29, 1.82) is 0 Å². The summed E-state index contributed by atoms with van der Waals surface area (Å²) in [6, 6.07) is 0.